The lowest BCUT2D eigenvalue weighted by molar-refractivity contribution is 0.453. The first-order chi connectivity index (χ1) is 5.76. The minimum Gasteiger partial charge on any atom is -0.197 e. The third-order valence-corrected chi connectivity index (χ3v) is 5.31. The Morgan fingerprint density at radius 3 is 2.23 bits per heavy atom. The lowest BCUT2D eigenvalue weighted by atomic mass is 10.1. The van der Waals surface area contributed by atoms with E-state index in [0.717, 1.165) is 5.75 Å². The Kier molecular flexibility index (Phi) is 2.97. The van der Waals surface area contributed by atoms with Gasteiger partial charge in [-0.3, -0.25) is 0 Å². The molecule has 0 radical (unpaired) electrons. The molecule has 0 aromatic rings. The lowest BCUT2D eigenvalue weighted by Crippen LogP contribution is -2.58. The third-order valence-electron chi connectivity index (χ3n) is 2.23. The molecule has 1 N–H and O–H groups in total. The minimum atomic E-state index is -3.26. The molecule has 4 nitrogen and oxygen atoms in total. The van der Waals surface area contributed by atoms with Crippen molar-refractivity contribution in [2.75, 3.05) is 19.8 Å². The Morgan fingerprint density at radius 1 is 1.46 bits per heavy atom. The second-order valence-electron chi connectivity index (χ2n) is 3.87. The van der Waals surface area contributed by atoms with Gasteiger partial charge in [0.2, 0.25) is 0 Å². The molecule has 1 saturated heterocycles. The number of hydrogen-bond donors (Lipinski definition) is 1. The Hall–Kier alpha value is 0.220. The summed E-state index contributed by atoms with van der Waals surface area (Å²) in [6.45, 7) is 4.09. The number of rotatable bonds is 3. The highest BCUT2D eigenvalue weighted by Crippen LogP contribution is 2.40. The molecule has 1 unspecified atom stereocenters. The van der Waals surface area contributed by atoms with Gasteiger partial charge in [-0.1, -0.05) is 0 Å². The van der Waals surface area contributed by atoms with E-state index in [2.05, 4.69) is 4.72 Å². The molecule has 0 aromatic heterocycles. The fourth-order valence-electron chi connectivity index (χ4n) is 0.961. The molecule has 1 aliphatic heterocycles. The van der Waals surface area contributed by atoms with Crippen LogP contribution in [-0.4, -0.2) is 43.4 Å². The standard InChI is InChI=1S/C7H16N2O2S2/c1-7(2)6(5-12-7)8-13(10,11)9(3)4/h6,8H,5H2,1-4H3. The summed E-state index contributed by atoms with van der Waals surface area (Å²) in [5, 5.41) is 0. The van der Waals surface area contributed by atoms with E-state index in [1.807, 2.05) is 13.8 Å². The highest BCUT2D eigenvalue weighted by Gasteiger charge is 2.41. The zero-order chi connectivity index (χ0) is 10.3. The summed E-state index contributed by atoms with van der Waals surface area (Å²) in [5.74, 6) is 0.861. The maximum Gasteiger partial charge on any atom is 0.279 e. The van der Waals surface area contributed by atoms with Crippen molar-refractivity contribution in [3.63, 3.8) is 0 Å². The molecule has 1 atom stereocenters. The van der Waals surface area contributed by atoms with Crippen molar-refractivity contribution >= 4 is 22.0 Å². The number of nitrogens with zero attached hydrogens (tertiary/aromatic N) is 1. The van der Waals surface area contributed by atoms with Crippen molar-refractivity contribution < 1.29 is 8.42 Å². The van der Waals surface area contributed by atoms with Gasteiger partial charge in [-0.25, -0.2) is 0 Å². The smallest absolute Gasteiger partial charge is 0.197 e. The van der Waals surface area contributed by atoms with Gasteiger partial charge in [0, 0.05) is 30.6 Å². The lowest BCUT2D eigenvalue weighted by Gasteiger charge is -2.43. The molecule has 1 fully saturated rings. The maximum absolute atomic E-state index is 11.4. The van der Waals surface area contributed by atoms with Crippen molar-refractivity contribution in [3.8, 4) is 0 Å². The quantitative estimate of drug-likeness (QED) is 0.749. The van der Waals surface area contributed by atoms with Crippen LogP contribution in [0, 0.1) is 0 Å². The minimum absolute atomic E-state index is 0.0308. The fourth-order valence-corrected chi connectivity index (χ4v) is 3.23. The average molecular weight is 224 g/mol. The van der Waals surface area contributed by atoms with Crippen LogP contribution < -0.4 is 4.72 Å². The van der Waals surface area contributed by atoms with Gasteiger partial charge in [-0.05, 0) is 13.8 Å². The number of nitrogens with one attached hydrogen (secondary N) is 1. The predicted octanol–water partition coefficient (Wildman–Crippen LogP) is 0.276. The molecular formula is C7H16N2O2S2. The topological polar surface area (TPSA) is 49.4 Å². The van der Waals surface area contributed by atoms with Crippen LogP contribution >= 0.6 is 11.8 Å². The van der Waals surface area contributed by atoms with E-state index >= 15 is 0 Å². The Morgan fingerprint density at radius 2 is 2.00 bits per heavy atom. The maximum atomic E-state index is 11.4. The van der Waals surface area contributed by atoms with Crippen molar-refractivity contribution in [1.82, 2.24) is 9.03 Å². The van der Waals surface area contributed by atoms with E-state index in [9.17, 15) is 8.42 Å². The van der Waals surface area contributed by atoms with Crippen LogP contribution in [0.5, 0.6) is 0 Å². The van der Waals surface area contributed by atoms with Gasteiger partial charge < -0.3 is 0 Å². The van der Waals surface area contributed by atoms with Crippen LogP contribution in [0.3, 0.4) is 0 Å². The van der Waals surface area contributed by atoms with E-state index < -0.39 is 10.2 Å². The first-order valence-corrected chi connectivity index (χ1v) is 6.52. The fraction of sp³-hybridized carbons (Fsp3) is 1.00. The molecule has 13 heavy (non-hydrogen) atoms. The summed E-state index contributed by atoms with van der Waals surface area (Å²) >= 11 is 1.78. The Labute approximate surface area is 84.3 Å². The second-order valence-corrected chi connectivity index (χ2v) is 7.46. The van der Waals surface area contributed by atoms with Gasteiger partial charge in [-0.15, -0.1) is 0 Å². The highest BCUT2D eigenvalue weighted by atomic mass is 32.2. The highest BCUT2D eigenvalue weighted by molar-refractivity contribution is 8.02. The van der Waals surface area contributed by atoms with Crippen molar-refractivity contribution in [3.05, 3.63) is 0 Å². The Balaban J connectivity index is 2.61. The van der Waals surface area contributed by atoms with Crippen LogP contribution in [0.1, 0.15) is 13.8 Å². The van der Waals surface area contributed by atoms with Crippen LogP contribution in [-0.2, 0) is 10.2 Å². The van der Waals surface area contributed by atoms with Gasteiger partial charge in [0.15, 0.2) is 0 Å². The van der Waals surface area contributed by atoms with Gasteiger partial charge >= 0.3 is 0 Å². The summed E-state index contributed by atoms with van der Waals surface area (Å²) < 4.78 is 26.7. The van der Waals surface area contributed by atoms with Crippen molar-refractivity contribution in [1.29, 1.82) is 0 Å². The summed E-state index contributed by atoms with van der Waals surface area (Å²) in [4.78, 5) is 0. The van der Waals surface area contributed by atoms with Crippen LogP contribution in [0.4, 0.5) is 0 Å². The third kappa shape index (κ3) is 2.37. The van der Waals surface area contributed by atoms with Gasteiger partial charge in [-0.2, -0.15) is 29.2 Å². The van der Waals surface area contributed by atoms with E-state index in [1.54, 1.807) is 11.8 Å². The van der Waals surface area contributed by atoms with Gasteiger partial charge in [0.05, 0.1) is 0 Å². The molecule has 78 valence electrons. The second kappa shape index (κ2) is 3.42. The summed E-state index contributed by atoms with van der Waals surface area (Å²) in [7, 11) is -0.202. The molecular weight excluding hydrogens is 208 g/mol. The van der Waals surface area contributed by atoms with Crippen molar-refractivity contribution in [2.45, 2.75) is 24.6 Å². The molecule has 0 bridgehead atoms. The van der Waals surface area contributed by atoms with Crippen LogP contribution in [0.25, 0.3) is 0 Å². The van der Waals surface area contributed by atoms with Crippen LogP contribution in [0.2, 0.25) is 0 Å². The monoisotopic (exact) mass is 224 g/mol. The molecule has 0 spiro atoms. The molecule has 1 heterocycles. The molecule has 0 aromatic carbocycles. The van der Waals surface area contributed by atoms with Crippen LogP contribution in [0.15, 0.2) is 0 Å². The molecule has 6 heteroatoms. The van der Waals surface area contributed by atoms with E-state index in [1.165, 1.54) is 18.4 Å². The van der Waals surface area contributed by atoms with E-state index in [0.29, 0.717) is 0 Å². The number of hydrogen-bond acceptors (Lipinski definition) is 3. The largest absolute Gasteiger partial charge is 0.279 e. The zero-order valence-electron chi connectivity index (χ0n) is 8.36. The molecule has 1 rings (SSSR count). The molecule has 0 aliphatic carbocycles. The normalized spacial score (nSPS) is 27.3. The summed E-state index contributed by atoms with van der Waals surface area (Å²) in [6.07, 6.45) is 0. The van der Waals surface area contributed by atoms with Gasteiger partial charge in [0.25, 0.3) is 10.2 Å². The molecule has 1 aliphatic rings. The summed E-state index contributed by atoms with van der Waals surface area (Å²) in [6, 6.07) is 0.0601. The first kappa shape index (κ1) is 11.3. The molecule has 0 saturated carbocycles. The molecule has 0 amide bonds. The Bertz CT molecular complexity index is 285. The van der Waals surface area contributed by atoms with E-state index in [4.69, 9.17) is 0 Å². The first-order valence-electron chi connectivity index (χ1n) is 4.09. The van der Waals surface area contributed by atoms with Gasteiger partial charge in [0.1, 0.15) is 0 Å². The average Bonchev–Trinajstić information content (AvgIpc) is 1.98. The van der Waals surface area contributed by atoms with Crippen molar-refractivity contribution in [2.24, 2.45) is 0 Å². The number of thioether (sulfide) groups is 1. The summed E-state index contributed by atoms with van der Waals surface area (Å²) in [5.41, 5.74) is 0. The SMILES string of the molecule is CN(C)S(=O)(=O)NC1CSC1(C)C. The van der Waals surface area contributed by atoms with E-state index in [-0.39, 0.29) is 10.8 Å². The predicted molar refractivity (Wildman–Crippen MR) is 56.1 cm³/mol. The zero-order valence-corrected chi connectivity index (χ0v) is 10.00.